The molecule has 0 saturated carbocycles. The highest BCUT2D eigenvalue weighted by molar-refractivity contribution is 5.76. The fourth-order valence-corrected chi connectivity index (χ4v) is 1.62. The summed E-state index contributed by atoms with van der Waals surface area (Å²) in [5.74, 6) is 0.0711. The summed E-state index contributed by atoms with van der Waals surface area (Å²) in [6.07, 6.45) is 0.402. The van der Waals surface area contributed by atoms with Gasteiger partial charge in [0, 0.05) is 19.8 Å². The summed E-state index contributed by atoms with van der Waals surface area (Å²) >= 11 is 0. The summed E-state index contributed by atoms with van der Waals surface area (Å²) in [5, 5.41) is 0. The van der Waals surface area contributed by atoms with Crippen LogP contribution >= 0.6 is 0 Å². The lowest BCUT2D eigenvalue weighted by Crippen LogP contribution is -2.30. The van der Waals surface area contributed by atoms with Crippen LogP contribution in [0, 0.1) is 0 Å². The van der Waals surface area contributed by atoms with E-state index in [1.807, 2.05) is 31.2 Å². The van der Waals surface area contributed by atoms with Gasteiger partial charge in [0.25, 0.3) is 0 Å². The Morgan fingerprint density at radius 1 is 1.53 bits per heavy atom. The molecule has 0 fully saturated rings. The largest absolute Gasteiger partial charge is 0.399 e. The zero-order valence-corrected chi connectivity index (χ0v) is 10.6. The molecular weight excluding hydrogens is 216 g/mol. The number of methoxy groups -OCH3 is 1. The molecule has 4 heteroatoms. The lowest BCUT2D eigenvalue weighted by atomic mass is 10.1. The van der Waals surface area contributed by atoms with Crippen molar-refractivity contribution in [3.05, 3.63) is 29.8 Å². The maximum atomic E-state index is 11.8. The Morgan fingerprint density at radius 2 is 2.24 bits per heavy atom. The molecule has 17 heavy (non-hydrogen) atoms. The van der Waals surface area contributed by atoms with Crippen molar-refractivity contribution >= 4 is 11.6 Å². The van der Waals surface area contributed by atoms with Gasteiger partial charge in [-0.3, -0.25) is 4.79 Å². The molecular formula is C13H20N2O2. The van der Waals surface area contributed by atoms with Crippen molar-refractivity contribution in [2.75, 3.05) is 26.5 Å². The summed E-state index contributed by atoms with van der Waals surface area (Å²) < 4.78 is 4.90. The van der Waals surface area contributed by atoms with Crippen LogP contribution < -0.4 is 5.73 Å². The molecule has 0 aliphatic carbocycles. The lowest BCUT2D eigenvalue weighted by Gasteiger charge is -2.25. The molecule has 0 aromatic heterocycles. The molecule has 4 nitrogen and oxygen atoms in total. The van der Waals surface area contributed by atoms with Crippen LogP contribution in [0.5, 0.6) is 0 Å². The number of nitrogens with zero attached hydrogens (tertiary/aromatic N) is 1. The van der Waals surface area contributed by atoms with Crippen LogP contribution in [0.15, 0.2) is 24.3 Å². The Balaban J connectivity index is 2.69. The number of hydrogen-bond donors (Lipinski definition) is 1. The zero-order valence-electron chi connectivity index (χ0n) is 10.6. The first-order valence-corrected chi connectivity index (χ1v) is 5.66. The van der Waals surface area contributed by atoms with E-state index in [1.165, 1.54) is 0 Å². The first kappa shape index (κ1) is 13.5. The van der Waals surface area contributed by atoms with E-state index in [2.05, 4.69) is 0 Å². The molecule has 1 aromatic rings. The Kier molecular flexibility index (Phi) is 4.97. The van der Waals surface area contributed by atoms with Crippen molar-refractivity contribution in [3.63, 3.8) is 0 Å². The number of carbonyl (C=O) groups excluding carboxylic acids is 1. The Bertz CT molecular complexity index is 379. The van der Waals surface area contributed by atoms with Gasteiger partial charge in [0.1, 0.15) is 0 Å². The number of ether oxygens (including phenoxy) is 1. The third-order valence-electron chi connectivity index (χ3n) is 2.89. The van der Waals surface area contributed by atoms with E-state index in [1.54, 1.807) is 19.1 Å². The number of nitrogens with two attached hydrogens (primary N) is 1. The summed E-state index contributed by atoms with van der Waals surface area (Å²) in [5.41, 5.74) is 7.48. The van der Waals surface area contributed by atoms with Crippen LogP contribution in [-0.2, 0) is 9.53 Å². The minimum atomic E-state index is 0.0165. The number of anilines is 1. The smallest absolute Gasteiger partial charge is 0.225 e. The number of carbonyl (C=O) groups is 1. The molecule has 0 spiro atoms. The lowest BCUT2D eigenvalue weighted by molar-refractivity contribution is -0.132. The molecule has 1 rings (SSSR count). The molecule has 0 aliphatic rings. The van der Waals surface area contributed by atoms with Gasteiger partial charge in [-0.1, -0.05) is 12.1 Å². The van der Waals surface area contributed by atoms with Crippen LogP contribution in [0.1, 0.15) is 24.9 Å². The topological polar surface area (TPSA) is 55.6 Å². The number of benzene rings is 1. The zero-order chi connectivity index (χ0) is 12.8. The molecule has 0 saturated heterocycles. The maximum Gasteiger partial charge on any atom is 0.225 e. The summed E-state index contributed by atoms with van der Waals surface area (Å²) in [7, 11) is 3.39. The standard InChI is InChI=1S/C13H20N2O2/c1-10(11-5-4-6-12(14)9-11)15(2)13(16)7-8-17-3/h4-6,9-10H,7-8,14H2,1-3H3. The third-order valence-corrected chi connectivity index (χ3v) is 2.89. The number of nitrogen functional groups attached to an aromatic ring is 1. The fourth-order valence-electron chi connectivity index (χ4n) is 1.62. The van der Waals surface area contributed by atoms with Gasteiger partial charge in [-0.05, 0) is 24.6 Å². The van der Waals surface area contributed by atoms with E-state index in [0.717, 1.165) is 5.56 Å². The number of amides is 1. The highest BCUT2D eigenvalue weighted by Gasteiger charge is 2.16. The van der Waals surface area contributed by atoms with Gasteiger partial charge in [0.2, 0.25) is 5.91 Å². The Labute approximate surface area is 102 Å². The molecule has 94 valence electrons. The SMILES string of the molecule is COCCC(=O)N(C)C(C)c1cccc(N)c1. The first-order chi connectivity index (χ1) is 8.06. The van der Waals surface area contributed by atoms with E-state index in [0.29, 0.717) is 18.7 Å². The van der Waals surface area contributed by atoms with Crippen molar-refractivity contribution < 1.29 is 9.53 Å². The second kappa shape index (κ2) is 6.25. The molecule has 1 aromatic carbocycles. The molecule has 2 N–H and O–H groups in total. The average molecular weight is 236 g/mol. The highest BCUT2D eigenvalue weighted by Crippen LogP contribution is 2.21. The average Bonchev–Trinajstić information content (AvgIpc) is 2.34. The minimum absolute atomic E-state index is 0.0165. The summed E-state index contributed by atoms with van der Waals surface area (Å²) in [4.78, 5) is 13.5. The monoisotopic (exact) mass is 236 g/mol. The van der Waals surface area contributed by atoms with Crippen LogP contribution in [0.4, 0.5) is 5.69 Å². The van der Waals surface area contributed by atoms with Crippen LogP contribution in [0.25, 0.3) is 0 Å². The molecule has 0 heterocycles. The van der Waals surface area contributed by atoms with Crippen molar-refractivity contribution in [2.24, 2.45) is 0 Å². The van der Waals surface area contributed by atoms with Crippen LogP contribution in [0.2, 0.25) is 0 Å². The van der Waals surface area contributed by atoms with Crippen molar-refractivity contribution in [2.45, 2.75) is 19.4 Å². The molecule has 1 unspecified atom stereocenters. The van der Waals surface area contributed by atoms with Gasteiger partial charge in [-0.2, -0.15) is 0 Å². The Morgan fingerprint density at radius 3 is 2.82 bits per heavy atom. The quantitative estimate of drug-likeness (QED) is 0.793. The van der Waals surface area contributed by atoms with E-state index in [9.17, 15) is 4.79 Å². The molecule has 0 bridgehead atoms. The summed E-state index contributed by atoms with van der Waals surface area (Å²) in [6.45, 7) is 2.44. The first-order valence-electron chi connectivity index (χ1n) is 5.66. The van der Waals surface area contributed by atoms with Gasteiger partial charge in [-0.15, -0.1) is 0 Å². The number of rotatable bonds is 5. The molecule has 0 radical (unpaired) electrons. The van der Waals surface area contributed by atoms with Crippen molar-refractivity contribution in [3.8, 4) is 0 Å². The fraction of sp³-hybridized carbons (Fsp3) is 0.462. The predicted molar refractivity (Wildman–Crippen MR) is 68.5 cm³/mol. The van der Waals surface area contributed by atoms with Gasteiger partial charge in [0.15, 0.2) is 0 Å². The van der Waals surface area contributed by atoms with Crippen LogP contribution in [0.3, 0.4) is 0 Å². The predicted octanol–water partition coefficient (Wildman–Crippen LogP) is 1.82. The maximum absolute atomic E-state index is 11.8. The van der Waals surface area contributed by atoms with Gasteiger partial charge in [0.05, 0.1) is 19.1 Å². The second-order valence-corrected chi connectivity index (χ2v) is 4.09. The van der Waals surface area contributed by atoms with Crippen molar-refractivity contribution in [1.29, 1.82) is 0 Å². The summed E-state index contributed by atoms with van der Waals surface area (Å²) in [6, 6.07) is 7.62. The number of hydrogen-bond acceptors (Lipinski definition) is 3. The van der Waals surface area contributed by atoms with E-state index < -0.39 is 0 Å². The van der Waals surface area contributed by atoms with Gasteiger partial charge in [-0.25, -0.2) is 0 Å². The van der Waals surface area contributed by atoms with Gasteiger partial charge < -0.3 is 15.4 Å². The molecule has 0 aliphatic heterocycles. The highest BCUT2D eigenvalue weighted by atomic mass is 16.5. The van der Waals surface area contributed by atoms with Crippen LogP contribution in [-0.4, -0.2) is 31.6 Å². The minimum Gasteiger partial charge on any atom is -0.399 e. The van der Waals surface area contributed by atoms with E-state index >= 15 is 0 Å². The molecule has 1 amide bonds. The Hall–Kier alpha value is -1.55. The van der Waals surface area contributed by atoms with E-state index in [4.69, 9.17) is 10.5 Å². The normalized spacial score (nSPS) is 12.2. The van der Waals surface area contributed by atoms with Gasteiger partial charge >= 0.3 is 0 Å². The second-order valence-electron chi connectivity index (χ2n) is 4.09. The third kappa shape index (κ3) is 3.75. The van der Waals surface area contributed by atoms with E-state index in [-0.39, 0.29) is 11.9 Å². The van der Waals surface area contributed by atoms with Crippen molar-refractivity contribution in [1.82, 2.24) is 4.90 Å². The molecule has 1 atom stereocenters.